The molecule has 16 heavy (non-hydrogen) atoms. The Balaban J connectivity index is 0.00000225. The van der Waals surface area contributed by atoms with Crippen LogP contribution in [0.2, 0.25) is 0 Å². The lowest BCUT2D eigenvalue weighted by atomic mass is 9.82. The summed E-state index contributed by atoms with van der Waals surface area (Å²) in [4.78, 5) is 0. The summed E-state index contributed by atoms with van der Waals surface area (Å²) in [5, 5.41) is 3.52. The van der Waals surface area contributed by atoms with Crippen LogP contribution in [-0.4, -0.2) is 5.54 Å². The third-order valence-electron chi connectivity index (χ3n) is 2.29. The van der Waals surface area contributed by atoms with Gasteiger partial charge in [-0.15, -0.1) is 0 Å². The molecule has 0 spiro atoms. The minimum Gasteiger partial charge on any atom is -1.00 e. The first-order valence-corrected chi connectivity index (χ1v) is 5.56. The minimum absolute atomic E-state index is 0. The molecule has 3 heteroatoms. The Morgan fingerprint density at radius 3 is 2.25 bits per heavy atom. The van der Waals surface area contributed by atoms with Crippen molar-refractivity contribution in [2.24, 2.45) is 5.41 Å². The number of furan rings is 1. The summed E-state index contributed by atoms with van der Waals surface area (Å²) in [5.74, 6) is 0.997. The largest absolute Gasteiger partial charge is 1.00 e. The van der Waals surface area contributed by atoms with Gasteiger partial charge < -0.3 is 22.1 Å². The third-order valence-corrected chi connectivity index (χ3v) is 2.29. The molecule has 94 valence electrons. The topological polar surface area (TPSA) is 25.2 Å². The SMILES string of the molecule is CC(C)(C)CC(C)(C)NCc1ccco1.[Cl-]. The average Bonchev–Trinajstić information content (AvgIpc) is 2.47. The number of hydrogen-bond acceptors (Lipinski definition) is 2. The van der Waals surface area contributed by atoms with Crippen LogP contribution in [0, 0.1) is 5.41 Å². The summed E-state index contributed by atoms with van der Waals surface area (Å²) in [5.41, 5.74) is 0.491. The summed E-state index contributed by atoms with van der Waals surface area (Å²) in [6.07, 6.45) is 2.86. The molecule has 0 bridgehead atoms. The first kappa shape index (κ1) is 15.5. The minimum atomic E-state index is 0. The van der Waals surface area contributed by atoms with Crippen molar-refractivity contribution in [3.63, 3.8) is 0 Å². The highest BCUT2D eigenvalue weighted by molar-refractivity contribution is 4.98. The molecule has 0 amide bonds. The van der Waals surface area contributed by atoms with Crippen LogP contribution in [0.25, 0.3) is 0 Å². The first-order chi connectivity index (χ1) is 6.79. The van der Waals surface area contributed by atoms with Gasteiger partial charge in [0.05, 0.1) is 12.8 Å². The molecule has 1 heterocycles. The molecular weight excluding hydrogens is 222 g/mol. The van der Waals surface area contributed by atoms with Crippen molar-refractivity contribution in [2.45, 2.75) is 53.1 Å². The van der Waals surface area contributed by atoms with Gasteiger partial charge in [-0.1, -0.05) is 20.8 Å². The summed E-state index contributed by atoms with van der Waals surface area (Å²) in [7, 11) is 0. The van der Waals surface area contributed by atoms with Crippen LogP contribution in [0.3, 0.4) is 0 Å². The third kappa shape index (κ3) is 6.19. The molecule has 1 rings (SSSR count). The molecule has 0 aliphatic heterocycles. The van der Waals surface area contributed by atoms with Gasteiger partial charge in [-0.2, -0.15) is 0 Å². The zero-order chi connectivity index (χ0) is 11.5. The maximum Gasteiger partial charge on any atom is 0.117 e. The molecular formula is C13H23ClNO-. The maximum atomic E-state index is 5.30. The molecule has 0 aromatic carbocycles. The highest BCUT2D eigenvalue weighted by Gasteiger charge is 2.24. The van der Waals surface area contributed by atoms with Crippen molar-refractivity contribution in [1.82, 2.24) is 5.32 Å². The van der Waals surface area contributed by atoms with Gasteiger partial charge in [0.25, 0.3) is 0 Å². The van der Waals surface area contributed by atoms with Gasteiger partial charge in [-0.05, 0) is 37.8 Å². The van der Waals surface area contributed by atoms with E-state index in [1.807, 2.05) is 12.1 Å². The van der Waals surface area contributed by atoms with Gasteiger partial charge in [-0.25, -0.2) is 0 Å². The van der Waals surface area contributed by atoms with Crippen molar-refractivity contribution in [3.8, 4) is 0 Å². The number of hydrogen-bond donors (Lipinski definition) is 1. The standard InChI is InChI=1S/C13H23NO.ClH/c1-12(2,3)10-13(4,5)14-9-11-7-6-8-15-11;/h6-8,14H,9-10H2,1-5H3;1H/p-1. The quantitative estimate of drug-likeness (QED) is 0.839. The van der Waals surface area contributed by atoms with E-state index in [0.29, 0.717) is 5.41 Å². The van der Waals surface area contributed by atoms with Crippen LogP contribution in [0.15, 0.2) is 22.8 Å². The zero-order valence-electron chi connectivity index (χ0n) is 10.9. The summed E-state index contributed by atoms with van der Waals surface area (Å²) < 4.78 is 5.30. The monoisotopic (exact) mass is 244 g/mol. The van der Waals surface area contributed by atoms with Crippen LogP contribution in [0.5, 0.6) is 0 Å². The predicted molar refractivity (Wildman–Crippen MR) is 63.7 cm³/mol. The summed E-state index contributed by atoms with van der Waals surface area (Å²) in [6, 6.07) is 3.92. The van der Waals surface area contributed by atoms with Gasteiger partial charge in [0.2, 0.25) is 0 Å². The Kier molecular flexibility index (Phi) is 5.57. The van der Waals surface area contributed by atoms with Crippen molar-refractivity contribution < 1.29 is 16.8 Å². The molecule has 0 atom stereocenters. The van der Waals surface area contributed by atoms with Gasteiger partial charge in [0, 0.05) is 5.54 Å². The van der Waals surface area contributed by atoms with E-state index in [1.165, 1.54) is 0 Å². The number of halogens is 1. The average molecular weight is 245 g/mol. The van der Waals surface area contributed by atoms with E-state index in [4.69, 9.17) is 4.42 Å². The second-order valence-electron chi connectivity index (χ2n) is 6.05. The van der Waals surface area contributed by atoms with E-state index >= 15 is 0 Å². The van der Waals surface area contributed by atoms with E-state index in [1.54, 1.807) is 6.26 Å². The van der Waals surface area contributed by atoms with Gasteiger partial charge >= 0.3 is 0 Å². The van der Waals surface area contributed by atoms with Crippen LogP contribution >= 0.6 is 0 Å². The second-order valence-corrected chi connectivity index (χ2v) is 6.05. The smallest absolute Gasteiger partial charge is 0.117 e. The molecule has 1 aromatic rings. The molecule has 0 aliphatic rings. The molecule has 0 aliphatic carbocycles. The maximum absolute atomic E-state index is 5.30. The highest BCUT2D eigenvalue weighted by Crippen LogP contribution is 2.26. The molecule has 0 saturated heterocycles. The summed E-state index contributed by atoms with van der Waals surface area (Å²) >= 11 is 0. The van der Waals surface area contributed by atoms with E-state index in [9.17, 15) is 0 Å². The zero-order valence-corrected chi connectivity index (χ0v) is 11.7. The Bertz CT molecular complexity index is 285. The lowest BCUT2D eigenvalue weighted by Crippen LogP contribution is -3.00. The fourth-order valence-corrected chi connectivity index (χ4v) is 2.13. The van der Waals surface area contributed by atoms with Crippen molar-refractivity contribution >= 4 is 0 Å². The Hall–Kier alpha value is -0.470. The Morgan fingerprint density at radius 2 is 1.81 bits per heavy atom. The first-order valence-electron chi connectivity index (χ1n) is 5.56. The van der Waals surface area contributed by atoms with E-state index in [0.717, 1.165) is 18.7 Å². The molecule has 2 nitrogen and oxygen atoms in total. The molecule has 0 radical (unpaired) electrons. The number of nitrogens with one attached hydrogen (secondary N) is 1. The van der Waals surface area contributed by atoms with Gasteiger partial charge in [0.15, 0.2) is 0 Å². The van der Waals surface area contributed by atoms with Crippen molar-refractivity contribution in [1.29, 1.82) is 0 Å². The second kappa shape index (κ2) is 5.74. The fraction of sp³-hybridized carbons (Fsp3) is 0.692. The fourth-order valence-electron chi connectivity index (χ4n) is 2.13. The lowest BCUT2D eigenvalue weighted by molar-refractivity contribution is -0.00000567. The summed E-state index contributed by atoms with van der Waals surface area (Å²) in [6.45, 7) is 12.1. The predicted octanol–water partition coefficient (Wildman–Crippen LogP) is 0.588. The molecule has 0 fully saturated rings. The Morgan fingerprint density at radius 1 is 1.19 bits per heavy atom. The van der Waals surface area contributed by atoms with Crippen LogP contribution < -0.4 is 17.7 Å². The van der Waals surface area contributed by atoms with Gasteiger partial charge in [0.1, 0.15) is 5.76 Å². The van der Waals surface area contributed by atoms with E-state index in [2.05, 4.69) is 39.9 Å². The van der Waals surface area contributed by atoms with Crippen molar-refractivity contribution in [2.75, 3.05) is 0 Å². The van der Waals surface area contributed by atoms with E-state index in [-0.39, 0.29) is 17.9 Å². The van der Waals surface area contributed by atoms with Crippen molar-refractivity contribution in [3.05, 3.63) is 24.2 Å². The van der Waals surface area contributed by atoms with Gasteiger partial charge in [-0.3, -0.25) is 0 Å². The van der Waals surface area contributed by atoms with Crippen LogP contribution in [0.4, 0.5) is 0 Å². The van der Waals surface area contributed by atoms with E-state index < -0.39 is 0 Å². The van der Waals surface area contributed by atoms with Crippen LogP contribution in [-0.2, 0) is 6.54 Å². The number of rotatable bonds is 4. The normalized spacial score (nSPS) is 12.3. The lowest BCUT2D eigenvalue weighted by Gasteiger charge is -2.33. The molecule has 1 N–H and O–H groups in total. The Labute approximate surface area is 105 Å². The molecule has 1 aromatic heterocycles. The molecule has 0 unspecified atom stereocenters. The van der Waals surface area contributed by atoms with Crippen LogP contribution in [0.1, 0.15) is 46.8 Å². The molecule has 0 saturated carbocycles. The highest BCUT2D eigenvalue weighted by atomic mass is 35.5.